The molecule has 1 amide bonds. The van der Waals surface area contributed by atoms with Crippen molar-refractivity contribution in [3.8, 4) is 34.8 Å². The Labute approximate surface area is 145 Å². The fraction of sp³-hybridized carbons (Fsp3) is 0.200. The highest BCUT2D eigenvalue weighted by Gasteiger charge is 2.34. The fourth-order valence-corrected chi connectivity index (χ4v) is 2.40. The van der Waals surface area contributed by atoms with Crippen molar-refractivity contribution in [2.75, 3.05) is 6.61 Å². The number of carbonyl (C=O) groups is 1. The van der Waals surface area contributed by atoms with Gasteiger partial charge in [0.1, 0.15) is 5.69 Å². The smallest absolute Gasteiger partial charge is 0.293 e. The summed E-state index contributed by atoms with van der Waals surface area (Å²) in [7, 11) is 0. The first-order valence-electron chi connectivity index (χ1n) is 7.84. The van der Waals surface area contributed by atoms with Crippen LogP contribution >= 0.6 is 0 Å². The second kappa shape index (κ2) is 7.63. The number of hydrogen-bond donors (Lipinski definition) is 3. The molecule has 1 heterocycles. The average Bonchev–Trinajstić information content (AvgIpc) is 3.44. The van der Waals surface area contributed by atoms with E-state index in [2.05, 4.69) is 28.7 Å². The van der Waals surface area contributed by atoms with E-state index in [9.17, 15) is 4.79 Å². The number of nitrogens with one attached hydrogen (secondary N) is 1. The lowest BCUT2D eigenvalue weighted by molar-refractivity contribution is 0.0701. The van der Waals surface area contributed by atoms with Crippen molar-refractivity contribution in [2.45, 2.75) is 6.42 Å². The number of carbonyl (C=O) groups excluding carboxylic acids is 1. The first kappa shape index (κ1) is 16.7. The highest BCUT2D eigenvalue weighted by Crippen LogP contribution is 2.36. The van der Waals surface area contributed by atoms with Gasteiger partial charge in [0.2, 0.25) is 0 Å². The van der Waals surface area contributed by atoms with Crippen molar-refractivity contribution in [2.24, 2.45) is 11.8 Å². The maximum atomic E-state index is 11.4. The van der Waals surface area contributed by atoms with Crippen molar-refractivity contribution < 1.29 is 15.1 Å². The number of benzene rings is 1. The summed E-state index contributed by atoms with van der Waals surface area (Å²) in [5.41, 5.74) is 4.28. The standard InChI is InChI=1S/C20H16N2O3/c23-13-18-11-16(18)4-2-1-3-14-5-7-15(8-6-14)17-9-10-21-19(12-17)20(24)22-25/h5-10,12,16,18,23,25H,11,13H2,(H,22,24)/t16-,18?/m1/s1. The Kier molecular flexibility index (Phi) is 5.11. The largest absolute Gasteiger partial charge is 0.396 e. The molecule has 1 saturated carbocycles. The van der Waals surface area contributed by atoms with Gasteiger partial charge in [-0.2, -0.15) is 0 Å². The summed E-state index contributed by atoms with van der Waals surface area (Å²) >= 11 is 0. The van der Waals surface area contributed by atoms with Crippen molar-refractivity contribution in [1.82, 2.24) is 10.5 Å². The zero-order chi connectivity index (χ0) is 17.6. The first-order valence-corrected chi connectivity index (χ1v) is 7.84. The van der Waals surface area contributed by atoms with Crippen LogP contribution < -0.4 is 5.48 Å². The summed E-state index contributed by atoms with van der Waals surface area (Å²) in [6, 6.07) is 10.9. The molecule has 124 valence electrons. The Bertz CT molecular complexity index is 898. The molecule has 3 rings (SSSR count). The average molecular weight is 332 g/mol. The lowest BCUT2D eigenvalue weighted by Gasteiger charge is -2.04. The van der Waals surface area contributed by atoms with Crippen LogP contribution in [-0.2, 0) is 0 Å². The van der Waals surface area contributed by atoms with Crippen LogP contribution in [0.15, 0.2) is 42.6 Å². The summed E-state index contributed by atoms with van der Waals surface area (Å²) in [5, 5.41) is 17.6. The normalized spacial score (nSPS) is 17.5. The molecule has 0 aliphatic heterocycles. The summed E-state index contributed by atoms with van der Waals surface area (Å²) < 4.78 is 0. The molecule has 0 bridgehead atoms. The lowest BCUT2D eigenvalue weighted by Crippen LogP contribution is -2.19. The molecule has 1 aromatic heterocycles. The number of pyridine rings is 1. The maximum absolute atomic E-state index is 11.4. The van der Waals surface area contributed by atoms with Gasteiger partial charge in [0.25, 0.3) is 5.91 Å². The maximum Gasteiger partial charge on any atom is 0.293 e. The second-order valence-corrected chi connectivity index (χ2v) is 5.75. The van der Waals surface area contributed by atoms with E-state index in [-0.39, 0.29) is 12.3 Å². The molecule has 1 aliphatic carbocycles. The van der Waals surface area contributed by atoms with Gasteiger partial charge in [0, 0.05) is 24.3 Å². The third-order valence-electron chi connectivity index (χ3n) is 4.00. The SMILES string of the molecule is O=C(NO)c1cc(-c2ccc(C#CC#C[C@@H]3CC3CO)cc2)ccn1. The Balaban J connectivity index is 1.70. The molecule has 2 atom stereocenters. The minimum Gasteiger partial charge on any atom is -0.396 e. The monoisotopic (exact) mass is 332 g/mol. The van der Waals surface area contributed by atoms with Crippen LogP contribution in [0.5, 0.6) is 0 Å². The van der Waals surface area contributed by atoms with Gasteiger partial charge in [-0.05, 0) is 59.6 Å². The molecule has 1 aliphatic rings. The highest BCUT2D eigenvalue weighted by atomic mass is 16.5. The number of rotatable bonds is 3. The van der Waals surface area contributed by atoms with E-state index in [4.69, 9.17) is 10.3 Å². The van der Waals surface area contributed by atoms with Gasteiger partial charge in [-0.1, -0.05) is 24.0 Å². The molecule has 25 heavy (non-hydrogen) atoms. The van der Waals surface area contributed by atoms with Gasteiger partial charge < -0.3 is 5.11 Å². The van der Waals surface area contributed by atoms with Gasteiger partial charge in [-0.25, -0.2) is 5.48 Å². The molecule has 0 saturated heterocycles. The van der Waals surface area contributed by atoms with E-state index < -0.39 is 5.91 Å². The van der Waals surface area contributed by atoms with Crippen LogP contribution in [0.25, 0.3) is 11.1 Å². The van der Waals surface area contributed by atoms with Crippen molar-refractivity contribution in [3.63, 3.8) is 0 Å². The number of hydroxylamine groups is 1. The molecule has 3 N–H and O–H groups in total. The van der Waals surface area contributed by atoms with Crippen molar-refractivity contribution >= 4 is 5.91 Å². The molecular weight excluding hydrogens is 316 g/mol. The van der Waals surface area contributed by atoms with Gasteiger partial charge >= 0.3 is 0 Å². The Morgan fingerprint density at radius 2 is 2.00 bits per heavy atom. The number of hydrogen-bond acceptors (Lipinski definition) is 4. The quantitative estimate of drug-likeness (QED) is 0.455. The Hall–Kier alpha value is -3.12. The van der Waals surface area contributed by atoms with E-state index in [0.29, 0.717) is 11.8 Å². The van der Waals surface area contributed by atoms with Gasteiger partial charge in [0.05, 0.1) is 0 Å². The Morgan fingerprint density at radius 3 is 2.68 bits per heavy atom. The highest BCUT2D eigenvalue weighted by molar-refractivity contribution is 5.92. The zero-order valence-corrected chi connectivity index (χ0v) is 13.4. The van der Waals surface area contributed by atoms with Crippen molar-refractivity contribution in [1.29, 1.82) is 0 Å². The van der Waals surface area contributed by atoms with Crippen molar-refractivity contribution in [3.05, 3.63) is 53.9 Å². The molecule has 0 spiro atoms. The molecule has 5 nitrogen and oxygen atoms in total. The van der Waals surface area contributed by atoms with E-state index in [1.807, 2.05) is 24.3 Å². The van der Waals surface area contributed by atoms with Gasteiger partial charge in [0.15, 0.2) is 0 Å². The van der Waals surface area contributed by atoms with Crippen LogP contribution in [0.3, 0.4) is 0 Å². The molecular formula is C20H16N2O3. The predicted molar refractivity (Wildman–Crippen MR) is 92.3 cm³/mol. The number of nitrogens with zero attached hydrogens (tertiary/aromatic N) is 1. The van der Waals surface area contributed by atoms with Crippen LogP contribution in [0.2, 0.25) is 0 Å². The summed E-state index contributed by atoms with van der Waals surface area (Å²) in [6.45, 7) is 0.199. The van der Waals surface area contributed by atoms with E-state index in [1.165, 1.54) is 6.20 Å². The number of amides is 1. The van der Waals surface area contributed by atoms with Crippen LogP contribution in [0.1, 0.15) is 22.5 Å². The fourth-order valence-electron chi connectivity index (χ4n) is 2.40. The molecule has 1 aromatic carbocycles. The van der Waals surface area contributed by atoms with E-state index >= 15 is 0 Å². The van der Waals surface area contributed by atoms with E-state index in [0.717, 1.165) is 23.1 Å². The summed E-state index contributed by atoms with van der Waals surface area (Å²) in [6.07, 6.45) is 2.48. The summed E-state index contributed by atoms with van der Waals surface area (Å²) in [5.74, 6) is 11.6. The summed E-state index contributed by atoms with van der Waals surface area (Å²) in [4.78, 5) is 15.3. The van der Waals surface area contributed by atoms with Gasteiger partial charge in [-0.3, -0.25) is 15.0 Å². The third kappa shape index (κ3) is 4.24. The molecule has 0 radical (unpaired) electrons. The molecule has 1 fully saturated rings. The van der Waals surface area contributed by atoms with Crippen LogP contribution in [0.4, 0.5) is 0 Å². The van der Waals surface area contributed by atoms with E-state index in [1.54, 1.807) is 17.6 Å². The van der Waals surface area contributed by atoms with Crippen LogP contribution in [-0.4, -0.2) is 27.8 Å². The third-order valence-corrected chi connectivity index (χ3v) is 4.00. The second-order valence-electron chi connectivity index (χ2n) is 5.75. The minimum absolute atomic E-state index is 0.139. The lowest BCUT2D eigenvalue weighted by atomic mass is 10.0. The molecule has 1 unspecified atom stereocenters. The molecule has 5 heteroatoms. The number of aliphatic hydroxyl groups excluding tert-OH is 1. The van der Waals surface area contributed by atoms with Crippen LogP contribution in [0, 0.1) is 35.5 Å². The molecule has 2 aromatic rings. The topological polar surface area (TPSA) is 82.5 Å². The number of aromatic nitrogens is 1. The van der Waals surface area contributed by atoms with Gasteiger partial charge in [-0.15, -0.1) is 0 Å². The first-order chi connectivity index (χ1) is 12.2. The predicted octanol–water partition coefficient (Wildman–Crippen LogP) is 1.85. The Morgan fingerprint density at radius 1 is 1.20 bits per heavy atom. The zero-order valence-electron chi connectivity index (χ0n) is 13.4. The number of aliphatic hydroxyl groups is 1. The minimum atomic E-state index is -0.651.